The Morgan fingerprint density at radius 1 is 0.416 bits per heavy atom. The summed E-state index contributed by atoms with van der Waals surface area (Å²) in [4.78, 5) is 73.3. The summed E-state index contributed by atoms with van der Waals surface area (Å²) in [5, 5.41) is 22.8. The maximum atomic E-state index is 13.5. The fourth-order valence-corrected chi connectivity index (χ4v) is 23.1. The molecule has 815 valence electrons. The SMILES string of the molecule is CCc1ccc(C2CC2)c(C(=O)C2CCC(c3ccc(Cl)cc3)CC2)n1.CCc1ccc(C2CC2)c(C=O)n1.N=C1CCC(c2ccc(Cl)cc2)CC1.N[I-]CCc1ccc(C2CC2)c(C(=O)C2CCC(c3ccc(Cl)cc3)CC2)n1.O=C(c1c(C2CC2)ccc2cncn12)C1CCC(c2ccc(Cl)cc2)CC1.OC(c1c(C2CC2)ccc2cncn12)C1CCC(c2ccc(Cl)cc2)CC1.[2HH].[2H][2H].[2H][2H].[2H][2H].[2H][2H].[2H][2H].[2H][2H].[2H][2H].[2H][2H].[2H][2H].[2H][2H].[2H][2H].[2H][2H].[2H][2H].[2H][2H].[2H][2H].[2H][2H].[2H][2H].[2H][2H].[2H][2H].[2H][2H].[2H][2H].[2H][2H].[2H][2H].[2H][2H].[2H][2H].[2H][2H].[2H][2H].[2H][2H].[2H][2H].[2H][2H].[2H][2H].[2H][2H].[2H][2H].[2H][2H].[2H][2H].[2H][2H].[2H][2H].[2H][2H].[2H][2H].[2H][2H].[2H][2H].[2H][2H].[2H][2H].[2H][2H].[2H][2H].[2H][2H].[2H][2H].[2H][2H].[2H][2H].[2H][2H].[2H][2H].[B].[H-].[Na+]. The minimum absolute atomic E-state index is 0. The molecule has 0 aliphatic heterocycles. The van der Waals surface area contributed by atoms with Crippen LogP contribution in [0.2, 0.25) is 25.1 Å². The number of aromatic nitrogens is 7. The normalized spacial score (nSPS) is 25.0. The van der Waals surface area contributed by atoms with Gasteiger partial charge >= 0.3 is 184 Å². The van der Waals surface area contributed by atoms with Crippen molar-refractivity contribution in [2.45, 2.75) is 291 Å². The van der Waals surface area contributed by atoms with Crippen molar-refractivity contribution in [3.8, 4) is 0 Å². The number of hydrogen-bond acceptors (Lipinski definition) is 12. The van der Waals surface area contributed by atoms with Gasteiger partial charge in [0.2, 0.25) is 0 Å². The average molecular weight is 2260 g/mol. The molecule has 10 aliphatic carbocycles. The van der Waals surface area contributed by atoms with Crippen LogP contribution in [0.15, 0.2) is 207 Å². The number of ketones is 3. The summed E-state index contributed by atoms with van der Waals surface area (Å²) in [7, 11) is 0. The number of alkyl halides is 1. The molecule has 10 aliphatic rings. The summed E-state index contributed by atoms with van der Waals surface area (Å²) in [5.74, 6) is 7.33. The van der Waals surface area contributed by atoms with Crippen LogP contribution >= 0.6 is 58.0 Å². The zero-order valence-electron chi connectivity index (χ0n) is 183. The molecule has 5 aromatic carbocycles. The number of pyridine rings is 5. The molecule has 10 fully saturated rings. The maximum Gasteiger partial charge on any atom is 1.00 e. The smallest absolute Gasteiger partial charge is 1.00 e. The fraction of sp³-hybridized carbons (Fsp3) is 0.443. The van der Waals surface area contributed by atoms with Crippen LogP contribution < -0.4 is 55.0 Å². The second kappa shape index (κ2) is 49.4. The van der Waals surface area contributed by atoms with Crippen molar-refractivity contribution in [3.05, 3.63) is 333 Å². The molecule has 1 atom stereocenters. The van der Waals surface area contributed by atoms with Crippen molar-refractivity contribution in [3.63, 3.8) is 0 Å². The van der Waals surface area contributed by atoms with Crippen LogP contribution in [0.1, 0.15) is 546 Å². The van der Waals surface area contributed by atoms with Gasteiger partial charge in [0, 0.05) is 215 Å². The molecular weight excluding hydrogens is 1930 g/mol. The summed E-state index contributed by atoms with van der Waals surface area (Å²) in [6, 6.07) is 62.2. The number of imidazole rings is 2. The Bertz CT molecular complexity index is 6280. The van der Waals surface area contributed by atoms with E-state index in [-0.39, 0.29) is 91.6 Å². The van der Waals surface area contributed by atoms with Gasteiger partial charge in [-0.3, -0.25) is 18.8 Å². The number of hydrogen-bond donors (Lipinski definition) is 3. The molecule has 7 heterocycles. The van der Waals surface area contributed by atoms with Crippen molar-refractivity contribution < 1.29 is 230 Å². The van der Waals surface area contributed by atoms with Gasteiger partial charge in [0.1, 0.15) is 11.4 Å². The van der Waals surface area contributed by atoms with E-state index < -0.39 is 6.10 Å². The van der Waals surface area contributed by atoms with Crippen LogP contribution in [0.4, 0.5) is 0 Å². The molecule has 137 heavy (non-hydrogen) atoms. The van der Waals surface area contributed by atoms with Gasteiger partial charge in [0.25, 0.3) is 0 Å². The third-order valence-corrected chi connectivity index (χ3v) is 32.8. The number of aliphatic hydroxyl groups is 1. The second-order valence-corrected chi connectivity index (χ2v) is 43.8. The molecule has 22 heteroatoms. The number of aliphatic hydroxyl groups excluding tert-OH is 1. The number of fused-ring (bicyclic) bond motifs is 2. The first kappa shape index (κ1) is 56.5. The molecule has 10 saturated carbocycles. The zero-order valence-corrected chi connectivity index (χ0v) is 87.5. The monoisotopic (exact) mass is 2260 g/mol. The van der Waals surface area contributed by atoms with E-state index in [0.717, 1.165) is 246 Å². The third-order valence-electron chi connectivity index (χ3n) is 30.4. The van der Waals surface area contributed by atoms with E-state index in [9.17, 15) is 24.3 Å². The molecule has 3 radical (unpaired) electrons. The van der Waals surface area contributed by atoms with E-state index in [1.54, 1.807) is 6.33 Å². The molecule has 12 aromatic rings. The van der Waals surface area contributed by atoms with Gasteiger partial charge in [0.15, 0.2) is 17.9 Å². The van der Waals surface area contributed by atoms with E-state index >= 15 is 0 Å². The van der Waals surface area contributed by atoms with Gasteiger partial charge in [0.05, 0.1) is 53.6 Å². The topological polar surface area (TPSA) is 212 Å². The number of carbonyl (C=O) groups excluding carboxylic acids is 4. The summed E-state index contributed by atoms with van der Waals surface area (Å²) in [5.41, 5.74) is 23.1. The van der Waals surface area contributed by atoms with Crippen LogP contribution in [0.25, 0.3) is 11.0 Å². The standard InChI is InChI=1S/C23H27ClIN2O.C23H25ClN2O.C23H23ClN2O.C23H26ClNO.C12H14ClN.C11H13NO.B.Na.52H2.H/c24-19-9-7-16(8-10-19)15-1-5-18(6-2-15)23(28)22-21(17-3-4-17)12-11-20(27-22)13-14-25-26;2*24-19-9-7-16(8-10-19)15-1-5-18(6-2-15)23(27)22-21(17-3-4-17)12-11-20-13-25-14-26(20)22;1-2-20-13-14-21(17-5-6-17)22(25-20)23(26)18-7-3-15(4-8-18)16-9-11-19(24)12-10-16;13-11-5-1-9(2-6-11)10-3-7-12(14)8-4-10;1-2-9-5-6-10(8-3-4-8)11(7-13)12-9;;;;;;;;;;;;;;;;;;;;;;;;;;;;;;;;;;;;;;;;;;;;;;;;;;;;;;;/h7-12,15,17-18H,1-6,13-14,26H2;7-15,17-18,23,27H,1-6H2;7-15,17-18H,1-6H2;9-15,17-18H,2-8H2,1H3;1-2,5-6,10,14H,3-4,7-8H2;5-8H,2-4H2,1H3;;;52*1H;/q-1;;;;;;;+1;;;;;;;;;;;;;;;;;;;;;;;;;;;;;;;;;;;;;;;;;;;;;;;;;;;;;-1/i;;;;;;;;51*1+1D;1+1;. The minimum atomic E-state index is -0.412. The average Bonchev–Trinajstić information content (AvgIpc) is 1.61. The first-order chi connectivity index (χ1) is 117. The van der Waals surface area contributed by atoms with Gasteiger partial charge in [-0.15, -0.1) is 0 Å². The maximum absolute atomic E-state index is 13.5. The van der Waals surface area contributed by atoms with Gasteiger partial charge < -0.3 is 16.3 Å². The van der Waals surface area contributed by atoms with Crippen LogP contribution in [-0.4, -0.2) is 81.0 Å². The minimum Gasteiger partial charge on any atom is -1.00 e. The largest absolute Gasteiger partial charge is 1.00 e. The van der Waals surface area contributed by atoms with E-state index in [1.165, 1.54) is 114 Å². The molecule has 0 saturated heterocycles. The van der Waals surface area contributed by atoms with Crippen molar-refractivity contribution in [2.75, 3.05) is 4.43 Å². The van der Waals surface area contributed by atoms with Gasteiger partial charge in [-0.05, 0) is 350 Å². The third kappa shape index (κ3) is 27.3. The van der Waals surface area contributed by atoms with Gasteiger partial charge in [-0.25, -0.2) is 19.9 Å². The Morgan fingerprint density at radius 3 is 1.12 bits per heavy atom. The Balaban J connectivity index is -0.0000000497. The first-order valence-corrected chi connectivity index (χ1v) is 54.7. The number of rotatable bonds is 24. The number of nitrogens with one attached hydrogen (secondary N) is 1. The number of nitrogens with zero attached hydrogens (tertiary/aromatic N) is 7. The molecule has 0 spiro atoms. The zero-order chi connectivity index (χ0) is 196. The molecule has 7 aromatic heterocycles. The van der Waals surface area contributed by atoms with E-state index in [4.69, 9.17) is 229 Å². The van der Waals surface area contributed by atoms with Crippen molar-refractivity contribution in [1.29, 1.82) is 5.41 Å². The van der Waals surface area contributed by atoms with Gasteiger partial charge in [-0.1, -0.05) is 145 Å². The second-order valence-electron chi connectivity index (χ2n) is 39.7. The molecule has 0 bridgehead atoms. The molecule has 14 nitrogen and oxygen atoms in total. The van der Waals surface area contributed by atoms with Crippen molar-refractivity contribution in [1.82, 2.24) is 33.7 Å². The number of carbonyl (C=O) groups is 4. The van der Waals surface area contributed by atoms with E-state index in [1.807, 2.05) is 96.8 Å². The van der Waals surface area contributed by atoms with Crippen LogP contribution in [0.3, 0.4) is 0 Å². The number of halogens is 6. The van der Waals surface area contributed by atoms with E-state index in [2.05, 4.69) is 142 Å². The number of Topliss-reactive ketones (excluding diaryl/α,β-unsaturated/α-hetero) is 3. The van der Waals surface area contributed by atoms with Crippen molar-refractivity contribution >= 4 is 107 Å². The van der Waals surface area contributed by atoms with E-state index in [0.29, 0.717) is 76.6 Å². The van der Waals surface area contributed by atoms with Crippen LogP contribution in [0.5, 0.6) is 0 Å². The molecule has 4 N–H and O–H groups in total. The van der Waals surface area contributed by atoms with Crippen LogP contribution in [-0.2, 0) is 19.3 Å². The Morgan fingerprint density at radius 2 is 0.730 bits per heavy atom. The Kier molecular flexibility index (Phi) is 20.4. The van der Waals surface area contributed by atoms with Gasteiger partial charge in [-0.2, -0.15) is 0 Å². The number of benzene rings is 5. The Hall–Kier alpha value is -7.56. The number of nitrogens with two attached hydrogens (primary N) is 1. The quantitative estimate of drug-likeness (QED) is 0.0129. The number of aryl methyl sites for hydroxylation is 3. The van der Waals surface area contributed by atoms with Crippen LogP contribution in [0, 0.1) is 29.1 Å². The molecule has 22 rings (SSSR count). The molecule has 0 amide bonds. The number of aldehydes is 1. The fourth-order valence-electron chi connectivity index (χ4n) is 21.6. The summed E-state index contributed by atoms with van der Waals surface area (Å²) < 4.78 is 521. The predicted octanol–water partition coefficient (Wildman–Crippen LogP) is 36.4. The molecule has 1 unspecified atom stereocenters. The first-order valence-electron chi connectivity index (χ1n) is 101. The molecular formula is C115H233BCl5IN9NaO5-. The summed E-state index contributed by atoms with van der Waals surface area (Å²) in [6.07, 6.45) is 43.4. The summed E-state index contributed by atoms with van der Waals surface area (Å²) >= 11 is 29.7. The predicted molar refractivity (Wildman–Crippen MR) is 660 cm³/mol. The Labute approximate surface area is 1030 Å². The van der Waals surface area contributed by atoms with Crippen molar-refractivity contribution in [2.24, 2.45) is 27.6 Å². The summed E-state index contributed by atoms with van der Waals surface area (Å²) in [6.45, 7) is 4.15.